The minimum absolute atomic E-state index is 0.0612. The smallest absolute Gasteiger partial charge is 0.251 e. The molecule has 0 saturated carbocycles. The molecule has 154 valence electrons. The molecule has 7 heteroatoms. The van der Waals surface area contributed by atoms with Gasteiger partial charge in [-0.3, -0.25) is 14.6 Å². The molecule has 29 heavy (non-hydrogen) atoms. The highest BCUT2D eigenvalue weighted by Crippen LogP contribution is 2.32. The Balaban J connectivity index is 1.65. The molecule has 2 aromatic rings. The molecule has 3 rings (SSSR count). The second kappa shape index (κ2) is 8.93. The molecule has 2 N–H and O–H groups in total. The Morgan fingerprint density at radius 1 is 1.14 bits per heavy atom. The van der Waals surface area contributed by atoms with E-state index in [2.05, 4.69) is 10.3 Å². The van der Waals surface area contributed by atoms with Gasteiger partial charge in [-0.2, -0.15) is 0 Å². The van der Waals surface area contributed by atoms with E-state index in [0.29, 0.717) is 42.2 Å². The van der Waals surface area contributed by atoms with E-state index in [-0.39, 0.29) is 17.7 Å². The molecule has 2 heterocycles. The largest absolute Gasteiger partial charge is 0.383 e. The van der Waals surface area contributed by atoms with Crippen molar-refractivity contribution in [2.75, 3.05) is 13.1 Å². The summed E-state index contributed by atoms with van der Waals surface area (Å²) in [6, 6.07) is 11.7. The van der Waals surface area contributed by atoms with Crippen LogP contribution in [0.4, 0.5) is 0 Å². The van der Waals surface area contributed by atoms with Crippen molar-refractivity contribution >= 4 is 23.4 Å². The lowest BCUT2D eigenvalue weighted by atomic mass is 9.87. The molecule has 0 unspecified atom stereocenters. The van der Waals surface area contributed by atoms with Crippen molar-refractivity contribution < 1.29 is 14.7 Å². The molecule has 1 aliphatic rings. The molecule has 1 aromatic carbocycles. The maximum Gasteiger partial charge on any atom is 0.251 e. The van der Waals surface area contributed by atoms with Crippen molar-refractivity contribution in [1.29, 1.82) is 0 Å². The fourth-order valence-corrected chi connectivity index (χ4v) is 3.64. The number of nitrogens with zero attached hydrogens (tertiary/aromatic N) is 2. The van der Waals surface area contributed by atoms with E-state index >= 15 is 0 Å². The van der Waals surface area contributed by atoms with Gasteiger partial charge in [0.15, 0.2) is 0 Å². The van der Waals surface area contributed by atoms with Crippen molar-refractivity contribution in [3.05, 3.63) is 64.9 Å². The van der Waals surface area contributed by atoms with Gasteiger partial charge in [-0.15, -0.1) is 0 Å². The number of likely N-dealkylation sites (tertiary alicyclic amines) is 1. The number of halogens is 1. The van der Waals surface area contributed by atoms with Crippen LogP contribution < -0.4 is 5.32 Å². The normalized spacial score (nSPS) is 17.1. The summed E-state index contributed by atoms with van der Waals surface area (Å²) in [5.74, 6) is -0.458. The quantitative estimate of drug-likeness (QED) is 0.786. The van der Waals surface area contributed by atoms with Gasteiger partial charge < -0.3 is 15.3 Å². The predicted octanol–water partition coefficient (Wildman–Crippen LogP) is 3.00. The zero-order chi connectivity index (χ0) is 21.0. The highest BCUT2D eigenvalue weighted by Gasteiger charge is 2.38. The molecule has 0 aliphatic carbocycles. The number of aliphatic hydroxyl groups is 1. The number of carbonyl (C=O) groups excluding carboxylic acids is 2. The molecule has 0 radical (unpaired) electrons. The molecule has 6 nitrogen and oxygen atoms in total. The predicted molar refractivity (Wildman–Crippen MR) is 111 cm³/mol. The number of carbonyl (C=O) groups is 2. The van der Waals surface area contributed by atoms with Gasteiger partial charge >= 0.3 is 0 Å². The summed E-state index contributed by atoms with van der Waals surface area (Å²) in [6.45, 7) is 4.60. The number of pyridine rings is 1. The summed E-state index contributed by atoms with van der Waals surface area (Å²) in [4.78, 5) is 31.6. The van der Waals surface area contributed by atoms with Gasteiger partial charge in [-0.05, 0) is 43.0 Å². The van der Waals surface area contributed by atoms with Crippen molar-refractivity contribution in [3.63, 3.8) is 0 Å². The Kier molecular flexibility index (Phi) is 6.55. The van der Waals surface area contributed by atoms with Crippen LogP contribution in [0, 0.1) is 5.92 Å². The van der Waals surface area contributed by atoms with E-state index < -0.39 is 11.6 Å². The lowest BCUT2D eigenvalue weighted by Crippen LogP contribution is -2.54. The van der Waals surface area contributed by atoms with E-state index in [1.807, 2.05) is 19.9 Å². The first kappa shape index (κ1) is 21.3. The van der Waals surface area contributed by atoms with Crippen LogP contribution in [0.25, 0.3) is 0 Å². The van der Waals surface area contributed by atoms with Crippen LogP contribution in [-0.4, -0.2) is 45.9 Å². The summed E-state index contributed by atoms with van der Waals surface area (Å²) in [5.41, 5.74) is 0.00157. The molecular formula is C22H26ClN3O3. The molecule has 1 saturated heterocycles. The fraction of sp³-hybridized carbons (Fsp3) is 0.409. The van der Waals surface area contributed by atoms with Gasteiger partial charge in [-0.25, -0.2) is 0 Å². The number of nitrogens with one attached hydrogen (secondary N) is 1. The Hall–Kier alpha value is -2.44. The lowest BCUT2D eigenvalue weighted by molar-refractivity contribution is -0.139. The average Bonchev–Trinajstić information content (AvgIpc) is 2.72. The van der Waals surface area contributed by atoms with Gasteiger partial charge in [-0.1, -0.05) is 43.6 Å². The van der Waals surface area contributed by atoms with Crippen molar-refractivity contribution in [2.24, 2.45) is 5.92 Å². The van der Waals surface area contributed by atoms with Crippen LogP contribution in [0.1, 0.15) is 42.7 Å². The standard InChI is InChI=1S/C22H26ClN3O3/c1-15(2)19(25-20(27)16-6-4-3-5-7-16)21(28)26-12-10-22(29,11-13-26)18-9-8-17(23)14-24-18/h3-9,14-15,19,29H,10-13H2,1-2H3,(H,25,27)/t19-/m1/s1. The molecule has 2 amide bonds. The van der Waals surface area contributed by atoms with Crippen LogP contribution >= 0.6 is 11.6 Å². The number of aromatic nitrogens is 1. The molecule has 1 atom stereocenters. The number of rotatable bonds is 5. The first-order chi connectivity index (χ1) is 13.8. The van der Waals surface area contributed by atoms with Crippen molar-refractivity contribution in [1.82, 2.24) is 15.2 Å². The summed E-state index contributed by atoms with van der Waals surface area (Å²) in [7, 11) is 0. The number of benzene rings is 1. The molecule has 1 aromatic heterocycles. The summed E-state index contributed by atoms with van der Waals surface area (Å²) < 4.78 is 0. The molecule has 1 fully saturated rings. The third-order valence-corrected chi connectivity index (χ3v) is 5.59. The molecular weight excluding hydrogens is 390 g/mol. The van der Waals surface area contributed by atoms with Crippen LogP contribution in [0.2, 0.25) is 5.02 Å². The Morgan fingerprint density at radius 3 is 2.34 bits per heavy atom. The van der Waals surface area contributed by atoms with E-state index in [1.54, 1.807) is 41.3 Å². The maximum atomic E-state index is 13.1. The monoisotopic (exact) mass is 415 g/mol. The van der Waals surface area contributed by atoms with Gasteiger partial charge in [0, 0.05) is 24.8 Å². The number of hydrogen-bond donors (Lipinski definition) is 2. The van der Waals surface area contributed by atoms with Crippen molar-refractivity contribution in [3.8, 4) is 0 Å². The zero-order valence-electron chi connectivity index (χ0n) is 16.6. The first-order valence-electron chi connectivity index (χ1n) is 9.79. The van der Waals surface area contributed by atoms with E-state index in [1.165, 1.54) is 6.20 Å². The minimum atomic E-state index is -1.08. The zero-order valence-corrected chi connectivity index (χ0v) is 17.4. The van der Waals surface area contributed by atoms with Gasteiger partial charge in [0.1, 0.15) is 11.6 Å². The van der Waals surface area contributed by atoms with Crippen LogP contribution in [-0.2, 0) is 10.4 Å². The summed E-state index contributed by atoms with van der Waals surface area (Å²) in [5, 5.41) is 14.3. The van der Waals surface area contributed by atoms with E-state index in [9.17, 15) is 14.7 Å². The van der Waals surface area contributed by atoms with Gasteiger partial charge in [0.25, 0.3) is 5.91 Å². The number of amides is 2. The van der Waals surface area contributed by atoms with Crippen molar-refractivity contribution in [2.45, 2.75) is 38.3 Å². The van der Waals surface area contributed by atoms with Crippen LogP contribution in [0.5, 0.6) is 0 Å². The fourth-order valence-electron chi connectivity index (χ4n) is 3.53. The van der Waals surface area contributed by atoms with Crippen LogP contribution in [0.15, 0.2) is 48.7 Å². The SMILES string of the molecule is CC(C)[C@@H](NC(=O)c1ccccc1)C(=O)N1CCC(O)(c2ccc(Cl)cn2)CC1. The lowest BCUT2D eigenvalue weighted by Gasteiger charge is -2.39. The second-order valence-corrected chi connectivity index (χ2v) is 8.22. The first-order valence-corrected chi connectivity index (χ1v) is 10.2. The summed E-state index contributed by atoms with van der Waals surface area (Å²) >= 11 is 5.88. The minimum Gasteiger partial charge on any atom is -0.383 e. The van der Waals surface area contributed by atoms with Crippen LogP contribution in [0.3, 0.4) is 0 Å². The molecule has 0 spiro atoms. The van der Waals surface area contributed by atoms with Gasteiger partial charge in [0.2, 0.25) is 5.91 Å². The number of hydrogen-bond acceptors (Lipinski definition) is 4. The van der Waals surface area contributed by atoms with E-state index in [4.69, 9.17) is 11.6 Å². The third-order valence-electron chi connectivity index (χ3n) is 5.36. The summed E-state index contributed by atoms with van der Waals surface area (Å²) in [6.07, 6.45) is 2.27. The third kappa shape index (κ3) is 4.95. The average molecular weight is 416 g/mol. The highest BCUT2D eigenvalue weighted by atomic mass is 35.5. The maximum absolute atomic E-state index is 13.1. The highest BCUT2D eigenvalue weighted by molar-refractivity contribution is 6.30. The number of piperidine rings is 1. The van der Waals surface area contributed by atoms with Gasteiger partial charge in [0.05, 0.1) is 10.7 Å². The topological polar surface area (TPSA) is 82.5 Å². The Labute approximate surface area is 175 Å². The Morgan fingerprint density at radius 2 is 1.79 bits per heavy atom. The molecule has 0 bridgehead atoms. The second-order valence-electron chi connectivity index (χ2n) is 7.78. The molecule has 1 aliphatic heterocycles. The Bertz CT molecular complexity index is 847. The van der Waals surface area contributed by atoms with E-state index in [0.717, 1.165) is 0 Å².